The average molecular weight is 493 g/mol. The van der Waals surface area contributed by atoms with Crippen molar-refractivity contribution in [2.45, 2.75) is 50.0 Å². The number of nitro benzene ring substituents is 1. The van der Waals surface area contributed by atoms with Gasteiger partial charge in [-0.3, -0.25) is 14.9 Å². The Morgan fingerprint density at radius 3 is 2.52 bits per heavy atom. The van der Waals surface area contributed by atoms with Crippen LogP contribution in [0.15, 0.2) is 52.5 Å². The Morgan fingerprint density at radius 1 is 1.21 bits per heavy atom. The molecular formula is C22H25ClN4O5S. The SMILES string of the molecule is Cc1ccc(S(=O)(=O)N(CC(=O)NN=Cc2cc([N+](=O)[O-])ccc2Cl)C2CCCCC2)cc1. The summed E-state index contributed by atoms with van der Waals surface area (Å²) in [5, 5.41) is 15.0. The van der Waals surface area contributed by atoms with Gasteiger partial charge in [0, 0.05) is 28.8 Å². The number of carbonyl (C=O) groups excluding carboxylic acids is 1. The molecule has 0 unspecified atom stereocenters. The number of nitrogens with zero attached hydrogens (tertiary/aromatic N) is 3. The number of benzene rings is 2. The molecule has 2 aromatic carbocycles. The van der Waals surface area contributed by atoms with Crippen LogP contribution in [-0.4, -0.2) is 42.4 Å². The molecule has 0 bridgehead atoms. The zero-order chi connectivity index (χ0) is 24.0. The summed E-state index contributed by atoms with van der Waals surface area (Å²) in [6, 6.07) is 10.1. The number of hydrogen-bond donors (Lipinski definition) is 1. The van der Waals surface area contributed by atoms with Gasteiger partial charge < -0.3 is 0 Å². The Morgan fingerprint density at radius 2 is 1.88 bits per heavy atom. The Bertz CT molecular complexity index is 1150. The summed E-state index contributed by atoms with van der Waals surface area (Å²) < 4.78 is 27.9. The fourth-order valence-corrected chi connectivity index (χ4v) is 5.53. The topological polar surface area (TPSA) is 122 Å². The van der Waals surface area contributed by atoms with Gasteiger partial charge in [0.25, 0.3) is 11.6 Å². The zero-order valence-corrected chi connectivity index (χ0v) is 19.7. The standard InChI is InChI=1S/C22H25ClN4O5S/c1-16-7-10-20(11-8-16)33(31,32)26(18-5-3-2-4-6-18)15-22(28)25-24-14-17-13-19(27(29)30)9-12-21(17)23/h7-14,18H,2-6,15H2,1H3,(H,25,28). The summed E-state index contributed by atoms with van der Waals surface area (Å²) in [4.78, 5) is 23.1. The predicted molar refractivity (Wildman–Crippen MR) is 126 cm³/mol. The molecule has 1 amide bonds. The van der Waals surface area contributed by atoms with Gasteiger partial charge in [-0.15, -0.1) is 0 Å². The molecule has 2 aromatic rings. The lowest BCUT2D eigenvalue weighted by molar-refractivity contribution is -0.384. The van der Waals surface area contributed by atoms with E-state index < -0.39 is 20.9 Å². The van der Waals surface area contributed by atoms with Crippen molar-refractivity contribution in [3.8, 4) is 0 Å². The van der Waals surface area contributed by atoms with Crippen LogP contribution in [-0.2, 0) is 14.8 Å². The maximum absolute atomic E-state index is 13.3. The van der Waals surface area contributed by atoms with Crippen molar-refractivity contribution in [1.29, 1.82) is 0 Å². The number of nitro groups is 1. The number of amides is 1. The van der Waals surface area contributed by atoms with Gasteiger partial charge in [0.1, 0.15) is 0 Å². The molecule has 0 atom stereocenters. The Labute approximate surface area is 197 Å². The highest BCUT2D eigenvalue weighted by molar-refractivity contribution is 7.89. The number of sulfonamides is 1. The highest BCUT2D eigenvalue weighted by Crippen LogP contribution is 2.28. The van der Waals surface area contributed by atoms with Crippen LogP contribution < -0.4 is 5.43 Å². The Hall–Kier alpha value is -2.82. The van der Waals surface area contributed by atoms with E-state index in [4.69, 9.17) is 11.6 Å². The van der Waals surface area contributed by atoms with Gasteiger partial charge in [0.05, 0.1) is 22.6 Å². The Kier molecular flexibility index (Phi) is 8.17. The summed E-state index contributed by atoms with van der Waals surface area (Å²) in [6.45, 7) is 1.48. The third kappa shape index (κ3) is 6.37. The van der Waals surface area contributed by atoms with Crippen molar-refractivity contribution in [1.82, 2.24) is 9.73 Å². The second-order valence-corrected chi connectivity index (χ2v) is 10.2. The first-order chi connectivity index (χ1) is 15.7. The smallest absolute Gasteiger partial charge is 0.270 e. The van der Waals surface area contributed by atoms with Crippen molar-refractivity contribution < 1.29 is 18.1 Å². The van der Waals surface area contributed by atoms with Crippen molar-refractivity contribution in [2.75, 3.05) is 6.54 Å². The largest absolute Gasteiger partial charge is 0.272 e. The van der Waals surface area contributed by atoms with Crippen LogP contribution in [0.5, 0.6) is 0 Å². The molecule has 0 saturated heterocycles. The van der Waals surface area contributed by atoms with Crippen LogP contribution in [0.25, 0.3) is 0 Å². The maximum Gasteiger partial charge on any atom is 0.270 e. The first-order valence-electron chi connectivity index (χ1n) is 10.5. The molecule has 11 heteroatoms. The maximum atomic E-state index is 13.3. The summed E-state index contributed by atoms with van der Waals surface area (Å²) in [7, 11) is -3.89. The molecule has 1 aliphatic rings. The number of non-ortho nitro benzene ring substituents is 1. The normalized spacial score (nSPS) is 15.1. The van der Waals surface area contributed by atoms with Gasteiger partial charge in [0.2, 0.25) is 10.0 Å². The van der Waals surface area contributed by atoms with Crippen molar-refractivity contribution >= 4 is 39.4 Å². The van der Waals surface area contributed by atoms with Crippen LogP contribution in [0.2, 0.25) is 5.02 Å². The number of hydrazone groups is 1. The van der Waals surface area contributed by atoms with Crippen molar-refractivity contribution in [2.24, 2.45) is 5.10 Å². The second-order valence-electron chi connectivity index (χ2n) is 7.91. The van der Waals surface area contributed by atoms with Crippen LogP contribution >= 0.6 is 11.6 Å². The van der Waals surface area contributed by atoms with E-state index in [1.54, 1.807) is 24.3 Å². The van der Waals surface area contributed by atoms with E-state index in [1.807, 2.05) is 6.92 Å². The number of rotatable bonds is 8. The lowest BCUT2D eigenvalue weighted by atomic mass is 9.95. The average Bonchev–Trinajstić information content (AvgIpc) is 2.79. The van der Waals surface area contributed by atoms with E-state index in [2.05, 4.69) is 10.5 Å². The minimum absolute atomic E-state index is 0.137. The summed E-state index contributed by atoms with van der Waals surface area (Å²) in [5.74, 6) is -0.617. The van der Waals surface area contributed by atoms with E-state index >= 15 is 0 Å². The van der Waals surface area contributed by atoms with Crippen molar-refractivity contribution in [3.63, 3.8) is 0 Å². The first-order valence-corrected chi connectivity index (χ1v) is 12.3. The fraction of sp³-hybridized carbons (Fsp3) is 0.364. The van der Waals surface area contributed by atoms with E-state index in [0.717, 1.165) is 24.8 Å². The van der Waals surface area contributed by atoms with E-state index in [1.165, 1.54) is 28.7 Å². The summed E-state index contributed by atoms with van der Waals surface area (Å²) >= 11 is 6.03. The quantitative estimate of drug-likeness (QED) is 0.338. The molecule has 0 aromatic heterocycles. The van der Waals surface area contributed by atoms with E-state index in [0.29, 0.717) is 12.8 Å². The molecule has 0 radical (unpaired) electrons. The third-order valence-electron chi connectivity index (χ3n) is 5.49. The van der Waals surface area contributed by atoms with Crippen LogP contribution in [0.3, 0.4) is 0 Å². The molecule has 3 rings (SSSR count). The highest BCUT2D eigenvalue weighted by atomic mass is 35.5. The van der Waals surface area contributed by atoms with Gasteiger partial charge in [0.15, 0.2) is 0 Å². The molecule has 0 heterocycles. The Balaban J connectivity index is 1.76. The summed E-state index contributed by atoms with van der Waals surface area (Å²) in [5.41, 5.74) is 3.33. The molecule has 0 aliphatic heterocycles. The van der Waals surface area contributed by atoms with Crippen molar-refractivity contribution in [3.05, 3.63) is 68.7 Å². The molecule has 176 valence electrons. The predicted octanol–water partition coefficient (Wildman–Crippen LogP) is 4.03. The number of nitrogens with one attached hydrogen (secondary N) is 1. The zero-order valence-electron chi connectivity index (χ0n) is 18.1. The number of hydrogen-bond acceptors (Lipinski definition) is 6. The molecule has 1 fully saturated rings. The molecule has 1 aliphatic carbocycles. The fourth-order valence-electron chi connectivity index (χ4n) is 3.72. The summed E-state index contributed by atoms with van der Waals surface area (Å²) in [6.07, 6.45) is 5.39. The van der Waals surface area contributed by atoms with Crippen LogP contribution in [0.1, 0.15) is 43.2 Å². The van der Waals surface area contributed by atoms with E-state index in [9.17, 15) is 23.3 Å². The number of halogens is 1. The lowest BCUT2D eigenvalue weighted by Crippen LogP contribution is -2.46. The molecule has 1 saturated carbocycles. The van der Waals surface area contributed by atoms with Crippen LogP contribution in [0, 0.1) is 17.0 Å². The van der Waals surface area contributed by atoms with Gasteiger partial charge in [-0.2, -0.15) is 9.41 Å². The number of aryl methyl sites for hydroxylation is 1. The van der Waals surface area contributed by atoms with Gasteiger partial charge in [-0.25, -0.2) is 13.8 Å². The van der Waals surface area contributed by atoms with E-state index in [-0.39, 0.29) is 33.8 Å². The molecule has 1 N–H and O–H groups in total. The second kappa shape index (κ2) is 10.9. The lowest BCUT2D eigenvalue weighted by Gasteiger charge is -2.32. The van der Waals surface area contributed by atoms with Crippen LogP contribution in [0.4, 0.5) is 5.69 Å². The molecular weight excluding hydrogens is 468 g/mol. The molecule has 9 nitrogen and oxygen atoms in total. The number of carbonyl (C=O) groups is 1. The molecule has 33 heavy (non-hydrogen) atoms. The van der Waals surface area contributed by atoms with Gasteiger partial charge in [-0.05, 0) is 38.0 Å². The minimum atomic E-state index is -3.89. The first kappa shape index (κ1) is 24.8. The van der Waals surface area contributed by atoms with Gasteiger partial charge >= 0.3 is 0 Å². The minimum Gasteiger partial charge on any atom is -0.272 e. The molecule has 0 spiro atoms. The highest BCUT2D eigenvalue weighted by Gasteiger charge is 2.33. The third-order valence-corrected chi connectivity index (χ3v) is 7.75. The monoisotopic (exact) mass is 492 g/mol. The van der Waals surface area contributed by atoms with Gasteiger partial charge in [-0.1, -0.05) is 48.6 Å².